The highest BCUT2D eigenvalue weighted by Crippen LogP contribution is 2.40. The van der Waals surface area contributed by atoms with Gasteiger partial charge in [0.15, 0.2) is 0 Å². The molecule has 0 aliphatic heterocycles. The summed E-state index contributed by atoms with van der Waals surface area (Å²) in [5.41, 5.74) is 0. The number of rotatable bonds is 5. The van der Waals surface area contributed by atoms with Crippen LogP contribution in [0.3, 0.4) is 0 Å². The molecule has 3 atom stereocenters. The molecule has 0 heterocycles. The molecule has 21 heavy (non-hydrogen) atoms. The van der Waals surface area contributed by atoms with E-state index in [-0.39, 0.29) is 29.3 Å². The van der Waals surface area contributed by atoms with Crippen molar-refractivity contribution in [1.82, 2.24) is 0 Å². The highest BCUT2D eigenvalue weighted by atomic mass is 32.2. The van der Waals surface area contributed by atoms with Crippen LogP contribution in [0.25, 0.3) is 0 Å². The molecular formula is C16H17NO3S. The van der Waals surface area contributed by atoms with Gasteiger partial charge in [0.05, 0.1) is 24.8 Å². The Bertz CT molecular complexity index is 552. The van der Waals surface area contributed by atoms with E-state index in [2.05, 4.69) is 10.8 Å². The van der Waals surface area contributed by atoms with Crippen molar-refractivity contribution in [2.75, 3.05) is 7.11 Å². The Morgan fingerprint density at radius 1 is 1.48 bits per heavy atom. The molecule has 0 spiro atoms. The van der Waals surface area contributed by atoms with Gasteiger partial charge in [-0.05, 0) is 24.5 Å². The Kier molecular flexibility index (Phi) is 5.40. The Balaban J connectivity index is 2.11. The Hall–Kier alpha value is -1.80. The van der Waals surface area contributed by atoms with Crippen LogP contribution >= 0.6 is 11.8 Å². The van der Waals surface area contributed by atoms with Gasteiger partial charge < -0.3 is 4.74 Å². The molecule has 0 aromatic heterocycles. The van der Waals surface area contributed by atoms with Gasteiger partial charge >= 0.3 is 5.97 Å². The average molecular weight is 303 g/mol. The van der Waals surface area contributed by atoms with E-state index in [9.17, 15) is 14.9 Å². The molecule has 0 unspecified atom stereocenters. The fourth-order valence-electron chi connectivity index (χ4n) is 2.68. The first kappa shape index (κ1) is 15.6. The van der Waals surface area contributed by atoms with Crippen LogP contribution in [0.1, 0.15) is 19.3 Å². The predicted molar refractivity (Wildman–Crippen MR) is 79.6 cm³/mol. The van der Waals surface area contributed by atoms with Gasteiger partial charge in [0, 0.05) is 17.2 Å². The van der Waals surface area contributed by atoms with Gasteiger partial charge in [-0.15, -0.1) is 11.8 Å². The van der Waals surface area contributed by atoms with Crippen LogP contribution in [0.2, 0.25) is 0 Å². The third kappa shape index (κ3) is 3.85. The first-order valence-electron chi connectivity index (χ1n) is 6.86. The highest BCUT2D eigenvalue weighted by molar-refractivity contribution is 8.00. The molecule has 1 aromatic carbocycles. The van der Waals surface area contributed by atoms with E-state index in [0.717, 1.165) is 4.90 Å². The third-order valence-corrected chi connectivity index (χ3v) is 5.04. The molecule has 1 aliphatic rings. The van der Waals surface area contributed by atoms with Crippen molar-refractivity contribution in [3.8, 4) is 6.07 Å². The van der Waals surface area contributed by atoms with Gasteiger partial charge in [-0.3, -0.25) is 9.59 Å². The lowest BCUT2D eigenvalue weighted by Crippen LogP contribution is -2.26. The average Bonchev–Trinajstić information content (AvgIpc) is 2.87. The number of carbonyl (C=O) groups is 2. The monoisotopic (exact) mass is 303 g/mol. The van der Waals surface area contributed by atoms with Crippen molar-refractivity contribution in [1.29, 1.82) is 5.26 Å². The van der Waals surface area contributed by atoms with Crippen molar-refractivity contribution in [2.24, 2.45) is 11.8 Å². The zero-order valence-electron chi connectivity index (χ0n) is 11.8. The lowest BCUT2D eigenvalue weighted by Gasteiger charge is -2.21. The van der Waals surface area contributed by atoms with Gasteiger partial charge in [0.1, 0.15) is 5.78 Å². The molecule has 2 rings (SSSR count). The second kappa shape index (κ2) is 7.28. The van der Waals surface area contributed by atoms with E-state index >= 15 is 0 Å². The summed E-state index contributed by atoms with van der Waals surface area (Å²) in [6.07, 6.45) is 1.19. The molecule has 0 bridgehead atoms. The number of carbonyl (C=O) groups excluding carboxylic acids is 2. The van der Waals surface area contributed by atoms with E-state index in [1.165, 1.54) is 18.9 Å². The molecule has 0 saturated heterocycles. The van der Waals surface area contributed by atoms with E-state index in [1.807, 2.05) is 30.3 Å². The smallest absolute Gasteiger partial charge is 0.306 e. The van der Waals surface area contributed by atoms with Crippen LogP contribution in [0.5, 0.6) is 0 Å². The maximum Gasteiger partial charge on any atom is 0.306 e. The van der Waals surface area contributed by atoms with Crippen LogP contribution in [-0.4, -0.2) is 24.1 Å². The van der Waals surface area contributed by atoms with Crippen molar-refractivity contribution in [3.05, 3.63) is 30.3 Å². The fraction of sp³-hybridized carbons (Fsp3) is 0.438. The molecule has 1 saturated carbocycles. The molecule has 0 radical (unpaired) electrons. The van der Waals surface area contributed by atoms with Gasteiger partial charge in [0.25, 0.3) is 0 Å². The summed E-state index contributed by atoms with van der Waals surface area (Å²) in [6.45, 7) is 0. The molecule has 0 amide bonds. The van der Waals surface area contributed by atoms with Crippen LogP contribution in [0.4, 0.5) is 0 Å². The first-order chi connectivity index (χ1) is 10.2. The van der Waals surface area contributed by atoms with Crippen molar-refractivity contribution >= 4 is 23.5 Å². The number of benzene rings is 1. The van der Waals surface area contributed by atoms with E-state index < -0.39 is 5.92 Å². The number of esters is 1. The van der Waals surface area contributed by atoms with Gasteiger partial charge in [-0.25, -0.2) is 0 Å². The number of ketones is 1. The van der Waals surface area contributed by atoms with Gasteiger partial charge in [-0.1, -0.05) is 18.2 Å². The minimum atomic E-state index is -0.390. The minimum absolute atomic E-state index is 0.0688. The Labute approximate surface area is 128 Å². The summed E-state index contributed by atoms with van der Waals surface area (Å²) in [5, 5.41) is 9.12. The molecule has 5 heteroatoms. The standard InChI is InChI=1S/C16H17NO3S/c1-20-16(19)9-13-12(7-8-14(13)18)15(10-17)21-11-5-3-2-4-6-11/h2-6,12-13,15H,7-9H2,1H3/t12-,13+,15+/m0/s1. The van der Waals surface area contributed by atoms with Crippen LogP contribution < -0.4 is 0 Å². The molecule has 1 aliphatic carbocycles. The molecule has 1 aromatic rings. The van der Waals surface area contributed by atoms with Crippen molar-refractivity contribution in [3.63, 3.8) is 0 Å². The number of methoxy groups -OCH3 is 1. The van der Waals surface area contributed by atoms with Crippen LogP contribution in [-0.2, 0) is 14.3 Å². The number of ether oxygens (including phenoxy) is 1. The minimum Gasteiger partial charge on any atom is -0.469 e. The Morgan fingerprint density at radius 3 is 2.81 bits per heavy atom. The van der Waals surface area contributed by atoms with Crippen LogP contribution in [0.15, 0.2) is 35.2 Å². The first-order valence-corrected chi connectivity index (χ1v) is 7.74. The highest BCUT2D eigenvalue weighted by Gasteiger charge is 2.41. The third-order valence-electron chi connectivity index (χ3n) is 3.79. The quantitative estimate of drug-likeness (QED) is 0.618. The molecule has 110 valence electrons. The summed E-state index contributed by atoms with van der Waals surface area (Å²) < 4.78 is 4.66. The van der Waals surface area contributed by atoms with E-state index in [0.29, 0.717) is 12.8 Å². The summed E-state index contributed by atoms with van der Waals surface area (Å²) in [5.74, 6) is -0.800. The number of Topliss-reactive ketones (excluding diaryl/α,β-unsaturated/α-hetero) is 1. The topological polar surface area (TPSA) is 67.2 Å². The summed E-state index contributed by atoms with van der Waals surface area (Å²) in [7, 11) is 1.32. The molecule has 1 fully saturated rings. The second-order valence-electron chi connectivity index (χ2n) is 5.04. The summed E-state index contributed by atoms with van der Waals surface area (Å²) in [4.78, 5) is 24.4. The van der Waals surface area contributed by atoms with Gasteiger partial charge in [-0.2, -0.15) is 5.26 Å². The van der Waals surface area contributed by atoms with E-state index in [4.69, 9.17) is 0 Å². The number of nitriles is 1. The van der Waals surface area contributed by atoms with Crippen molar-refractivity contribution in [2.45, 2.75) is 29.4 Å². The number of hydrogen-bond acceptors (Lipinski definition) is 5. The second-order valence-corrected chi connectivity index (χ2v) is 6.25. The van der Waals surface area contributed by atoms with Gasteiger partial charge in [0.2, 0.25) is 0 Å². The molecule has 4 nitrogen and oxygen atoms in total. The predicted octanol–water partition coefficient (Wildman–Crippen LogP) is 2.83. The summed E-state index contributed by atoms with van der Waals surface area (Å²) in [6, 6.07) is 11.9. The van der Waals surface area contributed by atoms with Crippen LogP contribution in [0, 0.1) is 23.2 Å². The normalized spacial score (nSPS) is 22.6. The number of hydrogen-bond donors (Lipinski definition) is 0. The molecule has 0 N–H and O–H groups in total. The maximum absolute atomic E-state index is 12.0. The number of thioether (sulfide) groups is 1. The zero-order valence-corrected chi connectivity index (χ0v) is 12.6. The molecular weight excluding hydrogens is 286 g/mol. The Morgan fingerprint density at radius 2 is 2.19 bits per heavy atom. The SMILES string of the molecule is COC(=O)C[C@H]1C(=O)CC[C@@H]1[C@@H](C#N)Sc1ccccc1. The number of nitrogens with zero attached hydrogens (tertiary/aromatic N) is 1. The lowest BCUT2D eigenvalue weighted by atomic mass is 9.90. The van der Waals surface area contributed by atoms with E-state index in [1.54, 1.807) is 0 Å². The zero-order chi connectivity index (χ0) is 15.2. The maximum atomic E-state index is 12.0. The lowest BCUT2D eigenvalue weighted by molar-refractivity contribution is -0.143. The van der Waals surface area contributed by atoms with Crippen molar-refractivity contribution < 1.29 is 14.3 Å². The largest absolute Gasteiger partial charge is 0.469 e. The fourth-order valence-corrected chi connectivity index (χ4v) is 3.84. The summed E-state index contributed by atoms with van der Waals surface area (Å²) >= 11 is 1.46.